The minimum Gasteiger partial charge on any atom is -0.328 e. The van der Waals surface area contributed by atoms with Gasteiger partial charge in [0.1, 0.15) is 0 Å². The number of benzene rings is 1. The number of rotatable bonds is 6. The summed E-state index contributed by atoms with van der Waals surface area (Å²) in [7, 11) is 0. The van der Waals surface area contributed by atoms with Crippen LogP contribution >= 0.6 is 15.9 Å². The van der Waals surface area contributed by atoms with Crippen molar-refractivity contribution in [3.8, 4) is 0 Å². The Bertz CT molecular complexity index is 323. The summed E-state index contributed by atoms with van der Waals surface area (Å²) in [5, 5.41) is 0. The van der Waals surface area contributed by atoms with Crippen LogP contribution in [0.25, 0.3) is 0 Å². The Morgan fingerprint density at radius 1 is 1.31 bits per heavy atom. The normalized spacial score (nSPS) is 12.8. The molecule has 1 aromatic carbocycles. The highest BCUT2D eigenvalue weighted by atomic mass is 79.9. The molecule has 0 saturated heterocycles. The van der Waals surface area contributed by atoms with E-state index in [-0.39, 0.29) is 0 Å². The first kappa shape index (κ1) is 13.7. The van der Waals surface area contributed by atoms with Crippen molar-refractivity contribution in [1.82, 2.24) is 0 Å². The third-order valence-electron chi connectivity index (χ3n) is 3.06. The van der Waals surface area contributed by atoms with Gasteiger partial charge in [-0.2, -0.15) is 0 Å². The Morgan fingerprint density at radius 2 is 2.06 bits per heavy atom. The van der Waals surface area contributed by atoms with Gasteiger partial charge in [-0.1, -0.05) is 41.9 Å². The van der Waals surface area contributed by atoms with Crippen LogP contribution in [0.5, 0.6) is 0 Å². The molecule has 1 nitrogen and oxygen atoms in total. The Balaban J connectivity index is 2.46. The molecule has 1 unspecified atom stereocenters. The monoisotopic (exact) mass is 283 g/mol. The molecule has 1 atom stereocenters. The minimum absolute atomic E-state index is 0.373. The summed E-state index contributed by atoms with van der Waals surface area (Å²) in [5.41, 5.74) is 8.70. The zero-order valence-electron chi connectivity index (χ0n) is 10.3. The number of halogens is 1. The van der Waals surface area contributed by atoms with Crippen molar-refractivity contribution in [2.24, 2.45) is 5.73 Å². The fourth-order valence-electron chi connectivity index (χ4n) is 1.81. The average molecular weight is 284 g/mol. The van der Waals surface area contributed by atoms with Crippen molar-refractivity contribution in [2.45, 2.75) is 52.0 Å². The molecule has 0 fully saturated rings. The smallest absolute Gasteiger partial charge is 0.0209 e. The van der Waals surface area contributed by atoms with E-state index < -0.39 is 0 Å². The van der Waals surface area contributed by atoms with E-state index in [4.69, 9.17) is 5.73 Å². The summed E-state index contributed by atoms with van der Waals surface area (Å²) >= 11 is 3.62. The molecule has 0 spiro atoms. The molecule has 0 aromatic heterocycles. The van der Waals surface area contributed by atoms with Gasteiger partial charge in [-0.05, 0) is 49.3 Å². The second-order valence-corrected chi connectivity index (χ2v) is 5.19. The van der Waals surface area contributed by atoms with E-state index in [2.05, 4.69) is 48.0 Å². The van der Waals surface area contributed by atoms with E-state index >= 15 is 0 Å². The zero-order chi connectivity index (χ0) is 12.0. The summed E-state index contributed by atoms with van der Waals surface area (Å²) in [6.07, 6.45) is 5.62. The highest BCUT2D eigenvalue weighted by molar-refractivity contribution is 9.10. The highest BCUT2D eigenvalue weighted by Gasteiger charge is 2.02. The lowest BCUT2D eigenvalue weighted by Gasteiger charge is -2.09. The summed E-state index contributed by atoms with van der Waals surface area (Å²) in [5.74, 6) is 0. The lowest BCUT2D eigenvalue weighted by Crippen LogP contribution is -2.18. The number of hydrogen-bond acceptors (Lipinski definition) is 1. The lowest BCUT2D eigenvalue weighted by molar-refractivity contribution is 0.568. The van der Waals surface area contributed by atoms with Crippen molar-refractivity contribution in [3.05, 3.63) is 33.8 Å². The van der Waals surface area contributed by atoms with Crippen LogP contribution in [0.4, 0.5) is 0 Å². The van der Waals surface area contributed by atoms with Crippen molar-refractivity contribution < 1.29 is 0 Å². The van der Waals surface area contributed by atoms with E-state index in [0.29, 0.717) is 6.04 Å². The molecule has 1 rings (SSSR count). The molecular formula is C14H22BrN. The van der Waals surface area contributed by atoms with Gasteiger partial charge in [-0.15, -0.1) is 0 Å². The summed E-state index contributed by atoms with van der Waals surface area (Å²) in [6, 6.07) is 7.08. The molecule has 90 valence electrons. The number of nitrogens with two attached hydrogens (primary N) is 1. The molecular weight excluding hydrogens is 262 g/mol. The molecule has 0 saturated carbocycles. The number of hydrogen-bond donors (Lipinski definition) is 1. The molecule has 0 amide bonds. The fourth-order valence-corrected chi connectivity index (χ4v) is 2.51. The SMILES string of the molecule is CCc1ccc(CCCC(N)CC)cc1Br. The van der Waals surface area contributed by atoms with Gasteiger partial charge in [0.05, 0.1) is 0 Å². The predicted octanol–water partition coefficient (Wildman–Crippen LogP) is 4.07. The van der Waals surface area contributed by atoms with E-state index in [1.165, 1.54) is 22.0 Å². The van der Waals surface area contributed by atoms with Crippen molar-refractivity contribution in [3.63, 3.8) is 0 Å². The largest absolute Gasteiger partial charge is 0.328 e. The average Bonchev–Trinajstić information content (AvgIpc) is 2.29. The van der Waals surface area contributed by atoms with E-state index in [1.807, 2.05) is 0 Å². The maximum absolute atomic E-state index is 5.90. The third kappa shape index (κ3) is 4.26. The van der Waals surface area contributed by atoms with Gasteiger partial charge in [-0.25, -0.2) is 0 Å². The molecule has 0 aliphatic carbocycles. The van der Waals surface area contributed by atoms with Crippen LogP contribution in [0.3, 0.4) is 0 Å². The molecule has 0 aliphatic rings. The van der Waals surface area contributed by atoms with Crippen molar-refractivity contribution in [1.29, 1.82) is 0 Å². The van der Waals surface area contributed by atoms with Gasteiger partial charge in [0.25, 0.3) is 0 Å². The van der Waals surface area contributed by atoms with Gasteiger partial charge < -0.3 is 5.73 Å². The molecule has 16 heavy (non-hydrogen) atoms. The van der Waals surface area contributed by atoms with E-state index in [0.717, 1.165) is 25.7 Å². The first-order valence-corrected chi connectivity index (χ1v) is 6.99. The first-order valence-electron chi connectivity index (χ1n) is 6.20. The highest BCUT2D eigenvalue weighted by Crippen LogP contribution is 2.20. The van der Waals surface area contributed by atoms with Crippen LogP contribution in [0, 0.1) is 0 Å². The van der Waals surface area contributed by atoms with Gasteiger partial charge in [0.2, 0.25) is 0 Å². The predicted molar refractivity (Wildman–Crippen MR) is 74.7 cm³/mol. The topological polar surface area (TPSA) is 26.0 Å². The second kappa shape index (κ2) is 7.08. The van der Waals surface area contributed by atoms with Gasteiger partial charge in [0, 0.05) is 10.5 Å². The Kier molecular flexibility index (Phi) is 6.07. The van der Waals surface area contributed by atoms with Crippen LogP contribution in [-0.4, -0.2) is 6.04 Å². The maximum Gasteiger partial charge on any atom is 0.0209 e. The number of aryl methyl sites for hydroxylation is 2. The molecule has 0 aliphatic heterocycles. The molecule has 2 heteroatoms. The Hall–Kier alpha value is -0.340. The van der Waals surface area contributed by atoms with E-state index in [9.17, 15) is 0 Å². The van der Waals surface area contributed by atoms with Gasteiger partial charge in [-0.3, -0.25) is 0 Å². The standard InChI is InChI=1S/C14H22BrN/c1-3-12-9-8-11(10-14(12)15)6-5-7-13(16)4-2/h8-10,13H,3-7,16H2,1-2H3. The molecule has 1 aromatic rings. The van der Waals surface area contributed by atoms with Crippen molar-refractivity contribution >= 4 is 15.9 Å². The second-order valence-electron chi connectivity index (χ2n) is 4.34. The lowest BCUT2D eigenvalue weighted by atomic mass is 10.0. The van der Waals surface area contributed by atoms with Crippen LogP contribution in [0.15, 0.2) is 22.7 Å². The van der Waals surface area contributed by atoms with Crippen LogP contribution in [0.2, 0.25) is 0 Å². The minimum atomic E-state index is 0.373. The summed E-state index contributed by atoms with van der Waals surface area (Å²) in [4.78, 5) is 0. The molecule has 0 radical (unpaired) electrons. The van der Waals surface area contributed by atoms with Gasteiger partial charge in [0.15, 0.2) is 0 Å². The molecule has 0 heterocycles. The molecule has 2 N–H and O–H groups in total. The third-order valence-corrected chi connectivity index (χ3v) is 3.80. The van der Waals surface area contributed by atoms with Crippen LogP contribution in [0.1, 0.15) is 44.2 Å². The van der Waals surface area contributed by atoms with Crippen LogP contribution in [-0.2, 0) is 12.8 Å². The Morgan fingerprint density at radius 3 is 2.62 bits per heavy atom. The molecule has 0 bridgehead atoms. The van der Waals surface area contributed by atoms with Gasteiger partial charge >= 0.3 is 0 Å². The van der Waals surface area contributed by atoms with E-state index in [1.54, 1.807) is 0 Å². The quantitative estimate of drug-likeness (QED) is 0.837. The van der Waals surface area contributed by atoms with Crippen LogP contribution < -0.4 is 5.73 Å². The summed E-state index contributed by atoms with van der Waals surface area (Å²) < 4.78 is 1.24. The Labute approximate surface area is 108 Å². The van der Waals surface area contributed by atoms with Crippen molar-refractivity contribution in [2.75, 3.05) is 0 Å². The maximum atomic E-state index is 5.90. The fraction of sp³-hybridized carbons (Fsp3) is 0.571. The summed E-state index contributed by atoms with van der Waals surface area (Å²) in [6.45, 7) is 4.33. The zero-order valence-corrected chi connectivity index (χ0v) is 11.9. The first-order chi connectivity index (χ1) is 7.67.